The van der Waals surface area contributed by atoms with Crippen molar-refractivity contribution in [2.75, 3.05) is 13.1 Å². The van der Waals surface area contributed by atoms with E-state index in [2.05, 4.69) is 15.1 Å². The highest BCUT2D eigenvalue weighted by Gasteiger charge is 2.26. The molecule has 20 heavy (non-hydrogen) atoms. The summed E-state index contributed by atoms with van der Waals surface area (Å²) in [5.74, 6) is 1.01. The summed E-state index contributed by atoms with van der Waals surface area (Å²) < 4.78 is 0. The number of hydrogen-bond donors (Lipinski definition) is 0. The Kier molecular flexibility index (Phi) is 4.33. The van der Waals surface area contributed by atoms with E-state index < -0.39 is 0 Å². The van der Waals surface area contributed by atoms with Crippen LogP contribution in [0.3, 0.4) is 0 Å². The molecule has 1 amide bonds. The fourth-order valence-corrected chi connectivity index (χ4v) is 3.53. The summed E-state index contributed by atoms with van der Waals surface area (Å²) in [4.78, 5) is 16.2. The van der Waals surface area contributed by atoms with Crippen molar-refractivity contribution in [3.8, 4) is 0 Å². The summed E-state index contributed by atoms with van der Waals surface area (Å²) in [6.45, 7) is 1.72. The van der Waals surface area contributed by atoms with E-state index in [1.807, 2.05) is 0 Å². The number of hydrogen-bond acceptors (Lipinski definition) is 3. The monoisotopic (exact) mass is 276 g/mol. The zero-order valence-corrected chi connectivity index (χ0v) is 12.1. The van der Waals surface area contributed by atoms with Gasteiger partial charge in [0.1, 0.15) is 0 Å². The fourth-order valence-electron chi connectivity index (χ4n) is 3.53. The predicted molar refractivity (Wildman–Crippen MR) is 76.1 cm³/mol. The minimum atomic E-state index is 0.365. The summed E-state index contributed by atoms with van der Waals surface area (Å²) in [6.07, 6.45) is 12.6. The molecule has 0 bridgehead atoms. The SMILES string of the molecule is O=C(CC1CCCCC1)N1CCC(n2nccn2)CC1. The van der Waals surface area contributed by atoms with Crippen molar-refractivity contribution in [2.45, 2.75) is 57.4 Å². The number of aromatic nitrogens is 3. The highest BCUT2D eigenvalue weighted by molar-refractivity contribution is 5.76. The standard InChI is InChI=1S/C15H24N4O/c20-15(12-13-4-2-1-3-5-13)18-10-6-14(7-11-18)19-16-8-9-17-19/h8-9,13-14H,1-7,10-12H2. The number of rotatable bonds is 3. The maximum absolute atomic E-state index is 12.3. The van der Waals surface area contributed by atoms with Gasteiger partial charge in [-0.1, -0.05) is 19.3 Å². The van der Waals surface area contributed by atoms with Crippen LogP contribution < -0.4 is 0 Å². The van der Waals surface area contributed by atoms with Crippen molar-refractivity contribution in [3.05, 3.63) is 12.4 Å². The van der Waals surface area contributed by atoms with Crippen molar-refractivity contribution >= 4 is 5.91 Å². The topological polar surface area (TPSA) is 51.0 Å². The normalized spacial score (nSPS) is 22.1. The summed E-state index contributed by atoms with van der Waals surface area (Å²) in [5, 5.41) is 8.41. The quantitative estimate of drug-likeness (QED) is 0.852. The molecule has 1 aliphatic heterocycles. The third-order valence-electron chi connectivity index (χ3n) is 4.77. The lowest BCUT2D eigenvalue weighted by Crippen LogP contribution is -2.40. The molecule has 2 heterocycles. The summed E-state index contributed by atoms with van der Waals surface area (Å²) in [6, 6.07) is 0.365. The van der Waals surface area contributed by atoms with Gasteiger partial charge in [-0.15, -0.1) is 0 Å². The van der Waals surface area contributed by atoms with Crippen molar-refractivity contribution in [1.29, 1.82) is 0 Å². The number of likely N-dealkylation sites (tertiary alicyclic amines) is 1. The number of carbonyl (C=O) groups is 1. The Morgan fingerprint density at radius 1 is 1.00 bits per heavy atom. The predicted octanol–water partition coefficient (Wildman–Crippen LogP) is 2.41. The molecule has 1 aromatic heterocycles. The number of nitrogens with zero attached hydrogens (tertiary/aromatic N) is 4. The van der Waals surface area contributed by atoms with E-state index >= 15 is 0 Å². The van der Waals surface area contributed by atoms with Gasteiger partial charge in [0.25, 0.3) is 0 Å². The molecule has 0 atom stereocenters. The largest absolute Gasteiger partial charge is 0.343 e. The Morgan fingerprint density at radius 3 is 2.30 bits per heavy atom. The Balaban J connectivity index is 1.46. The molecule has 1 aliphatic carbocycles. The van der Waals surface area contributed by atoms with Gasteiger partial charge in [0.15, 0.2) is 0 Å². The van der Waals surface area contributed by atoms with Gasteiger partial charge in [-0.05, 0) is 31.6 Å². The van der Waals surface area contributed by atoms with Crippen LogP contribution in [0.1, 0.15) is 57.4 Å². The second-order valence-electron chi connectivity index (χ2n) is 6.17. The molecule has 110 valence electrons. The molecule has 1 saturated carbocycles. The first kappa shape index (κ1) is 13.6. The lowest BCUT2D eigenvalue weighted by Gasteiger charge is -2.33. The minimum Gasteiger partial charge on any atom is -0.343 e. The zero-order chi connectivity index (χ0) is 13.8. The first-order valence-corrected chi connectivity index (χ1v) is 7.96. The van der Waals surface area contributed by atoms with E-state index in [9.17, 15) is 4.79 Å². The second kappa shape index (κ2) is 6.37. The van der Waals surface area contributed by atoms with Gasteiger partial charge < -0.3 is 4.90 Å². The van der Waals surface area contributed by atoms with Gasteiger partial charge in [0, 0.05) is 19.5 Å². The molecule has 1 saturated heterocycles. The van der Waals surface area contributed by atoms with E-state index in [0.29, 0.717) is 17.9 Å². The van der Waals surface area contributed by atoms with Crippen molar-refractivity contribution in [2.24, 2.45) is 5.92 Å². The van der Waals surface area contributed by atoms with E-state index in [1.165, 1.54) is 32.1 Å². The van der Waals surface area contributed by atoms with E-state index in [-0.39, 0.29) is 0 Å². The van der Waals surface area contributed by atoms with E-state index in [1.54, 1.807) is 17.2 Å². The Morgan fingerprint density at radius 2 is 1.65 bits per heavy atom. The zero-order valence-electron chi connectivity index (χ0n) is 12.1. The highest BCUT2D eigenvalue weighted by Crippen LogP contribution is 2.28. The van der Waals surface area contributed by atoms with E-state index in [0.717, 1.165) is 32.4 Å². The Labute approximate surface area is 120 Å². The lowest BCUT2D eigenvalue weighted by molar-refractivity contribution is -0.133. The molecule has 0 N–H and O–H groups in total. The minimum absolute atomic E-state index is 0.365. The average molecular weight is 276 g/mol. The molecular formula is C15H24N4O. The van der Waals surface area contributed by atoms with Crippen molar-refractivity contribution < 1.29 is 4.79 Å². The van der Waals surface area contributed by atoms with Gasteiger partial charge in [0.05, 0.1) is 18.4 Å². The van der Waals surface area contributed by atoms with Crippen LogP contribution in [0.4, 0.5) is 0 Å². The van der Waals surface area contributed by atoms with Gasteiger partial charge in [-0.3, -0.25) is 4.79 Å². The first-order chi connectivity index (χ1) is 9.83. The molecule has 0 radical (unpaired) electrons. The van der Waals surface area contributed by atoms with E-state index in [4.69, 9.17) is 0 Å². The number of carbonyl (C=O) groups excluding carboxylic acids is 1. The molecular weight excluding hydrogens is 252 g/mol. The maximum atomic E-state index is 12.3. The third-order valence-corrected chi connectivity index (χ3v) is 4.77. The second-order valence-corrected chi connectivity index (χ2v) is 6.17. The summed E-state index contributed by atoms with van der Waals surface area (Å²) >= 11 is 0. The van der Waals surface area contributed by atoms with Crippen LogP contribution in [0.2, 0.25) is 0 Å². The van der Waals surface area contributed by atoms with Crippen LogP contribution in [-0.2, 0) is 4.79 Å². The number of piperidine rings is 1. The average Bonchev–Trinajstić information content (AvgIpc) is 3.03. The number of amides is 1. The molecule has 0 aromatic carbocycles. The van der Waals surface area contributed by atoms with Gasteiger partial charge in [0.2, 0.25) is 5.91 Å². The van der Waals surface area contributed by atoms with Crippen LogP contribution in [-0.4, -0.2) is 38.9 Å². The van der Waals surface area contributed by atoms with Crippen LogP contribution in [0.25, 0.3) is 0 Å². The third kappa shape index (κ3) is 3.19. The fraction of sp³-hybridized carbons (Fsp3) is 0.800. The Hall–Kier alpha value is -1.39. The molecule has 5 nitrogen and oxygen atoms in total. The van der Waals surface area contributed by atoms with Crippen molar-refractivity contribution in [3.63, 3.8) is 0 Å². The first-order valence-electron chi connectivity index (χ1n) is 7.96. The molecule has 2 aliphatic rings. The summed E-state index contributed by atoms with van der Waals surface area (Å²) in [5.41, 5.74) is 0. The van der Waals surface area contributed by atoms with Gasteiger partial charge >= 0.3 is 0 Å². The van der Waals surface area contributed by atoms with Gasteiger partial charge in [-0.25, -0.2) is 0 Å². The van der Waals surface area contributed by atoms with Crippen LogP contribution in [0, 0.1) is 5.92 Å². The lowest BCUT2D eigenvalue weighted by atomic mass is 9.86. The van der Waals surface area contributed by atoms with Crippen LogP contribution >= 0.6 is 0 Å². The molecule has 1 aromatic rings. The summed E-state index contributed by atoms with van der Waals surface area (Å²) in [7, 11) is 0. The molecule has 0 spiro atoms. The van der Waals surface area contributed by atoms with Crippen molar-refractivity contribution in [1.82, 2.24) is 19.9 Å². The molecule has 2 fully saturated rings. The van der Waals surface area contributed by atoms with Crippen LogP contribution in [0.15, 0.2) is 12.4 Å². The molecule has 3 rings (SSSR count). The molecule has 0 unspecified atom stereocenters. The maximum Gasteiger partial charge on any atom is 0.222 e. The van der Waals surface area contributed by atoms with Gasteiger partial charge in [-0.2, -0.15) is 15.0 Å². The Bertz CT molecular complexity index is 417. The molecule has 5 heteroatoms. The smallest absolute Gasteiger partial charge is 0.222 e. The van der Waals surface area contributed by atoms with Crippen LogP contribution in [0.5, 0.6) is 0 Å². The highest BCUT2D eigenvalue weighted by atomic mass is 16.2.